The predicted molar refractivity (Wildman–Crippen MR) is 75.0 cm³/mol. The molecule has 0 bridgehead atoms. The SMILES string of the molecule is ClC(Cl)(Cl)c1cccc(N=NC2=NCCS2)c1. The Morgan fingerprint density at radius 2 is 2.06 bits per heavy atom. The van der Waals surface area contributed by atoms with E-state index in [0.717, 1.165) is 12.3 Å². The molecule has 0 saturated carbocycles. The van der Waals surface area contributed by atoms with Gasteiger partial charge in [0.1, 0.15) is 0 Å². The van der Waals surface area contributed by atoms with Gasteiger partial charge in [0.25, 0.3) is 0 Å². The number of benzene rings is 1. The maximum atomic E-state index is 5.79. The van der Waals surface area contributed by atoms with Crippen LogP contribution < -0.4 is 0 Å². The summed E-state index contributed by atoms with van der Waals surface area (Å²) in [6.07, 6.45) is 0. The first kappa shape index (κ1) is 13.1. The summed E-state index contributed by atoms with van der Waals surface area (Å²) in [5.74, 6) is 0.961. The molecule has 0 saturated heterocycles. The van der Waals surface area contributed by atoms with Crippen molar-refractivity contribution in [1.29, 1.82) is 0 Å². The minimum absolute atomic E-state index is 0.569. The highest BCUT2D eigenvalue weighted by Gasteiger charge is 2.22. The van der Waals surface area contributed by atoms with Crippen molar-refractivity contribution in [3.63, 3.8) is 0 Å². The number of alkyl halides is 3. The molecule has 1 heterocycles. The van der Waals surface area contributed by atoms with Gasteiger partial charge in [0.2, 0.25) is 8.96 Å². The van der Waals surface area contributed by atoms with E-state index >= 15 is 0 Å². The fourth-order valence-electron chi connectivity index (χ4n) is 1.23. The summed E-state index contributed by atoms with van der Waals surface area (Å²) in [6, 6.07) is 6.99. The summed E-state index contributed by atoms with van der Waals surface area (Å²) in [6.45, 7) is 0.799. The van der Waals surface area contributed by atoms with Gasteiger partial charge in [-0.25, -0.2) is 0 Å². The average Bonchev–Trinajstić information content (AvgIpc) is 2.78. The molecule has 0 amide bonds. The van der Waals surface area contributed by atoms with Crippen molar-refractivity contribution < 1.29 is 0 Å². The molecule has 3 nitrogen and oxygen atoms in total. The number of aliphatic imine (C=N–C) groups is 1. The van der Waals surface area contributed by atoms with Crippen LogP contribution in [0.3, 0.4) is 0 Å². The lowest BCUT2D eigenvalue weighted by molar-refractivity contribution is 1.15. The van der Waals surface area contributed by atoms with Crippen LogP contribution in [0.2, 0.25) is 0 Å². The predicted octanol–water partition coefficient (Wildman–Crippen LogP) is 4.70. The number of nitrogens with zero attached hydrogens (tertiary/aromatic N) is 3. The van der Waals surface area contributed by atoms with Crippen molar-refractivity contribution in [2.24, 2.45) is 15.2 Å². The number of hydrogen-bond acceptors (Lipinski definition) is 4. The lowest BCUT2D eigenvalue weighted by Crippen LogP contribution is -1.98. The molecule has 1 aliphatic heterocycles. The molecule has 7 heteroatoms. The third-order valence-electron chi connectivity index (χ3n) is 1.99. The molecule has 0 radical (unpaired) electrons. The van der Waals surface area contributed by atoms with E-state index in [0.29, 0.717) is 16.4 Å². The van der Waals surface area contributed by atoms with Gasteiger partial charge >= 0.3 is 0 Å². The molecular formula is C10H8Cl3N3S. The zero-order valence-corrected chi connectivity index (χ0v) is 11.7. The maximum Gasteiger partial charge on any atom is 0.216 e. The van der Waals surface area contributed by atoms with E-state index in [-0.39, 0.29) is 0 Å². The molecule has 0 spiro atoms. The Hall–Kier alpha value is -0.290. The van der Waals surface area contributed by atoms with Gasteiger partial charge in [0, 0.05) is 11.3 Å². The van der Waals surface area contributed by atoms with Gasteiger partial charge in [-0.3, -0.25) is 4.99 Å². The van der Waals surface area contributed by atoms with E-state index < -0.39 is 3.79 Å². The molecule has 0 N–H and O–H groups in total. The van der Waals surface area contributed by atoms with Gasteiger partial charge in [0.05, 0.1) is 12.2 Å². The van der Waals surface area contributed by atoms with Crippen LogP contribution >= 0.6 is 46.6 Å². The summed E-state index contributed by atoms with van der Waals surface area (Å²) in [5.41, 5.74) is 1.21. The van der Waals surface area contributed by atoms with Crippen LogP contribution in [-0.2, 0) is 3.79 Å². The van der Waals surface area contributed by atoms with Crippen molar-refractivity contribution in [2.45, 2.75) is 3.79 Å². The topological polar surface area (TPSA) is 37.1 Å². The van der Waals surface area contributed by atoms with Crippen molar-refractivity contribution in [3.8, 4) is 0 Å². The maximum absolute atomic E-state index is 5.79. The Morgan fingerprint density at radius 1 is 1.24 bits per heavy atom. The molecule has 17 heavy (non-hydrogen) atoms. The largest absolute Gasteiger partial charge is 0.258 e. The number of thioether (sulfide) groups is 1. The quantitative estimate of drug-likeness (QED) is 0.547. The van der Waals surface area contributed by atoms with Crippen LogP contribution in [0.25, 0.3) is 0 Å². The highest BCUT2D eigenvalue weighted by Crippen LogP contribution is 2.39. The summed E-state index contributed by atoms with van der Waals surface area (Å²) < 4.78 is -1.44. The molecule has 0 aromatic heterocycles. The molecule has 2 rings (SSSR count). The lowest BCUT2D eigenvalue weighted by atomic mass is 10.2. The first-order valence-corrected chi connectivity index (χ1v) is 6.94. The number of azo groups is 1. The first-order chi connectivity index (χ1) is 8.05. The van der Waals surface area contributed by atoms with Crippen LogP contribution in [0.5, 0.6) is 0 Å². The molecule has 1 aromatic rings. The highest BCUT2D eigenvalue weighted by atomic mass is 35.6. The number of rotatable bonds is 1. The van der Waals surface area contributed by atoms with E-state index in [1.54, 1.807) is 36.0 Å². The van der Waals surface area contributed by atoms with E-state index in [1.165, 1.54) is 0 Å². The summed E-state index contributed by atoms with van der Waals surface area (Å²) in [5, 5.41) is 8.78. The Morgan fingerprint density at radius 3 is 2.71 bits per heavy atom. The van der Waals surface area contributed by atoms with Crippen LogP contribution in [-0.4, -0.2) is 17.5 Å². The Kier molecular flexibility index (Phi) is 4.31. The zero-order valence-electron chi connectivity index (χ0n) is 8.61. The van der Waals surface area contributed by atoms with E-state index in [4.69, 9.17) is 34.8 Å². The minimum atomic E-state index is -1.44. The van der Waals surface area contributed by atoms with Crippen molar-refractivity contribution in [1.82, 2.24) is 0 Å². The van der Waals surface area contributed by atoms with Crippen LogP contribution in [0.4, 0.5) is 5.69 Å². The standard InChI is InChI=1S/C10H8Cl3N3S/c11-10(12,13)7-2-1-3-8(6-7)15-16-9-14-4-5-17-9/h1-3,6H,4-5H2. The normalized spacial score (nSPS) is 16.5. The van der Waals surface area contributed by atoms with Gasteiger partial charge in [-0.2, -0.15) is 0 Å². The lowest BCUT2D eigenvalue weighted by Gasteiger charge is -2.10. The van der Waals surface area contributed by atoms with Crippen molar-refractivity contribution >= 4 is 57.4 Å². The van der Waals surface area contributed by atoms with Gasteiger partial charge in [-0.05, 0) is 12.1 Å². The third-order valence-corrected chi connectivity index (χ3v) is 3.50. The molecule has 0 aliphatic carbocycles. The highest BCUT2D eigenvalue weighted by molar-refractivity contribution is 8.14. The molecule has 1 aromatic carbocycles. The molecule has 0 atom stereocenters. The average molecular weight is 309 g/mol. The summed E-state index contributed by atoms with van der Waals surface area (Å²) in [4.78, 5) is 4.16. The van der Waals surface area contributed by atoms with E-state index in [1.807, 2.05) is 0 Å². The molecule has 90 valence electrons. The first-order valence-electron chi connectivity index (χ1n) is 4.82. The fraction of sp³-hybridized carbons (Fsp3) is 0.300. The zero-order chi connectivity index (χ0) is 12.3. The number of amidine groups is 1. The van der Waals surface area contributed by atoms with Crippen LogP contribution in [0.1, 0.15) is 5.56 Å². The second-order valence-electron chi connectivity index (χ2n) is 3.26. The van der Waals surface area contributed by atoms with Crippen LogP contribution in [0, 0.1) is 0 Å². The Balaban J connectivity index is 2.16. The smallest absolute Gasteiger partial charge is 0.216 e. The van der Waals surface area contributed by atoms with E-state index in [9.17, 15) is 0 Å². The number of hydrogen-bond donors (Lipinski definition) is 0. The second kappa shape index (κ2) is 5.57. The van der Waals surface area contributed by atoms with Crippen molar-refractivity contribution in [2.75, 3.05) is 12.3 Å². The minimum Gasteiger partial charge on any atom is -0.258 e. The third kappa shape index (κ3) is 3.85. The van der Waals surface area contributed by atoms with Gasteiger partial charge in [-0.15, -0.1) is 10.2 Å². The van der Waals surface area contributed by atoms with Gasteiger partial charge in [0.15, 0.2) is 0 Å². The molecule has 0 unspecified atom stereocenters. The molecular weight excluding hydrogens is 301 g/mol. The Bertz CT molecular complexity index is 468. The van der Waals surface area contributed by atoms with Crippen LogP contribution in [0.15, 0.2) is 39.5 Å². The van der Waals surface area contributed by atoms with Gasteiger partial charge < -0.3 is 0 Å². The molecule has 1 aliphatic rings. The number of halogens is 3. The summed E-state index contributed by atoms with van der Waals surface area (Å²) in [7, 11) is 0. The van der Waals surface area contributed by atoms with E-state index in [2.05, 4.69) is 15.2 Å². The van der Waals surface area contributed by atoms with Gasteiger partial charge in [-0.1, -0.05) is 58.7 Å². The summed E-state index contributed by atoms with van der Waals surface area (Å²) >= 11 is 18.9. The fourth-order valence-corrected chi connectivity index (χ4v) is 2.23. The monoisotopic (exact) mass is 307 g/mol. The van der Waals surface area contributed by atoms with Crippen molar-refractivity contribution in [3.05, 3.63) is 29.8 Å². The second-order valence-corrected chi connectivity index (χ2v) is 6.60. The molecule has 0 fully saturated rings. The Labute approximate surface area is 118 Å².